The van der Waals surface area contributed by atoms with E-state index in [1.165, 1.54) is 18.2 Å². The molecule has 0 radical (unpaired) electrons. The van der Waals surface area contributed by atoms with Crippen LogP contribution in [0.4, 0.5) is 13.2 Å². The predicted molar refractivity (Wildman–Crippen MR) is 98.7 cm³/mol. The van der Waals surface area contributed by atoms with E-state index in [0.29, 0.717) is 32.4 Å². The number of nitrogens with one attached hydrogen (secondary N) is 1. The van der Waals surface area contributed by atoms with Gasteiger partial charge in [0, 0.05) is 19.1 Å². The van der Waals surface area contributed by atoms with Gasteiger partial charge in [-0.15, -0.1) is 0 Å². The summed E-state index contributed by atoms with van der Waals surface area (Å²) in [5, 5.41) is 2.68. The molecule has 7 heteroatoms. The van der Waals surface area contributed by atoms with Gasteiger partial charge in [-0.3, -0.25) is 9.59 Å². The molecule has 4 nitrogen and oxygen atoms in total. The fourth-order valence-corrected chi connectivity index (χ4v) is 3.35. The van der Waals surface area contributed by atoms with Crippen LogP contribution in [0.2, 0.25) is 0 Å². The van der Waals surface area contributed by atoms with E-state index < -0.39 is 17.6 Å². The number of carbonyl (C=O) groups is 2. The molecule has 1 saturated heterocycles. The average molecular weight is 390 g/mol. The van der Waals surface area contributed by atoms with Crippen molar-refractivity contribution in [3.63, 3.8) is 0 Å². The molecule has 0 bridgehead atoms. The average Bonchev–Trinajstić information content (AvgIpc) is 2.68. The summed E-state index contributed by atoms with van der Waals surface area (Å²) in [5.74, 6) is -0.722. The lowest BCUT2D eigenvalue weighted by Crippen LogP contribution is -2.47. The van der Waals surface area contributed by atoms with Crippen LogP contribution in [0, 0.1) is 0 Å². The second kappa shape index (κ2) is 8.46. The minimum absolute atomic E-state index is 0.0124. The first-order valence-corrected chi connectivity index (χ1v) is 9.13. The zero-order valence-electron chi connectivity index (χ0n) is 15.2. The minimum atomic E-state index is -4.58. The molecular weight excluding hydrogens is 369 g/mol. The van der Waals surface area contributed by atoms with Gasteiger partial charge in [-0.05, 0) is 30.5 Å². The lowest BCUT2D eigenvalue weighted by atomic mass is 10.0. The summed E-state index contributed by atoms with van der Waals surface area (Å²) >= 11 is 0. The normalized spacial score (nSPS) is 15.3. The van der Waals surface area contributed by atoms with Crippen molar-refractivity contribution in [2.24, 2.45) is 0 Å². The summed E-state index contributed by atoms with van der Waals surface area (Å²) in [6.07, 6.45) is -3.24. The lowest BCUT2D eigenvalue weighted by Gasteiger charge is -2.32. The molecule has 0 aliphatic carbocycles. The monoisotopic (exact) mass is 390 g/mol. The smallest absolute Gasteiger partial charge is 0.349 e. The van der Waals surface area contributed by atoms with Crippen molar-refractivity contribution in [1.82, 2.24) is 10.2 Å². The Labute approximate surface area is 161 Å². The molecule has 2 aromatic rings. The lowest BCUT2D eigenvalue weighted by molar-refractivity contribution is -0.138. The number of hydrogen-bond donors (Lipinski definition) is 1. The maximum Gasteiger partial charge on any atom is 0.417 e. The molecule has 2 aromatic carbocycles. The van der Waals surface area contributed by atoms with Crippen molar-refractivity contribution < 1.29 is 22.8 Å². The van der Waals surface area contributed by atoms with Crippen LogP contribution in [0.1, 0.15) is 34.3 Å². The molecule has 2 amide bonds. The molecular formula is C21H21F3N2O2. The van der Waals surface area contributed by atoms with Gasteiger partial charge in [0.15, 0.2) is 0 Å². The molecule has 0 aromatic heterocycles. The highest BCUT2D eigenvalue weighted by atomic mass is 19.4. The van der Waals surface area contributed by atoms with Crippen LogP contribution in [0.3, 0.4) is 0 Å². The number of hydrogen-bond acceptors (Lipinski definition) is 2. The standard InChI is InChI=1S/C21H21F3N2O2/c22-21(23,24)18-9-5-4-8-17(18)20(28)25-16-10-12-26(13-11-16)19(27)14-15-6-2-1-3-7-15/h1-9,16H,10-14H2,(H,25,28). The number of nitrogens with zero attached hydrogens (tertiary/aromatic N) is 1. The summed E-state index contributed by atoms with van der Waals surface area (Å²) in [7, 11) is 0. The second-order valence-corrected chi connectivity index (χ2v) is 6.83. The van der Waals surface area contributed by atoms with Crippen LogP contribution in [-0.4, -0.2) is 35.8 Å². The molecule has 0 spiro atoms. The van der Waals surface area contributed by atoms with E-state index in [9.17, 15) is 22.8 Å². The van der Waals surface area contributed by atoms with E-state index in [4.69, 9.17) is 0 Å². The van der Waals surface area contributed by atoms with Gasteiger partial charge in [0.25, 0.3) is 5.91 Å². The van der Waals surface area contributed by atoms with Crippen molar-refractivity contribution in [1.29, 1.82) is 0 Å². The molecule has 28 heavy (non-hydrogen) atoms. The van der Waals surface area contributed by atoms with Gasteiger partial charge < -0.3 is 10.2 Å². The Kier molecular flexibility index (Phi) is 6.02. The Morgan fingerprint density at radius 2 is 1.57 bits per heavy atom. The van der Waals surface area contributed by atoms with Gasteiger partial charge in [-0.1, -0.05) is 42.5 Å². The summed E-state index contributed by atoms with van der Waals surface area (Å²) in [4.78, 5) is 26.5. The maximum atomic E-state index is 13.1. The van der Waals surface area contributed by atoms with E-state index >= 15 is 0 Å². The highest BCUT2D eigenvalue weighted by Gasteiger charge is 2.35. The van der Waals surface area contributed by atoms with E-state index in [-0.39, 0.29) is 17.5 Å². The third-order valence-electron chi connectivity index (χ3n) is 4.86. The molecule has 1 aliphatic rings. The fourth-order valence-electron chi connectivity index (χ4n) is 3.35. The SMILES string of the molecule is O=C(NC1CCN(C(=O)Cc2ccccc2)CC1)c1ccccc1C(F)(F)F. The predicted octanol–water partition coefficient (Wildman–Crippen LogP) is 3.67. The van der Waals surface area contributed by atoms with Crippen LogP contribution in [0.15, 0.2) is 54.6 Å². The van der Waals surface area contributed by atoms with Gasteiger partial charge in [0.1, 0.15) is 0 Å². The molecule has 3 rings (SSSR count). The highest BCUT2D eigenvalue weighted by molar-refractivity contribution is 5.96. The Morgan fingerprint density at radius 1 is 0.964 bits per heavy atom. The van der Waals surface area contributed by atoms with Gasteiger partial charge in [0.05, 0.1) is 17.5 Å². The number of halogens is 3. The molecule has 0 atom stereocenters. The molecule has 1 fully saturated rings. The first-order valence-electron chi connectivity index (χ1n) is 9.13. The Hall–Kier alpha value is -2.83. The number of likely N-dealkylation sites (tertiary alicyclic amines) is 1. The van der Waals surface area contributed by atoms with Crippen molar-refractivity contribution in [3.05, 3.63) is 71.3 Å². The number of amides is 2. The number of rotatable bonds is 4. The molecule has 1 N–H and O–H groups in total. The van der Waals surface area contributed by atoms with E-state index in [1.807, 2.05) is 30.3 Å². The van der Waals surface area contributed by atoms with Gasteiger partial charge >= 0.3 is 6.18 Å². The van der Waals surface area contributed by atoms with Crippen molar-refractivity contribution in [2.45, 2.75) is 31.5 Å². The zero-order chi connectivity index (χ0) is 20.1. The van der Waals surface area contributed by atoms with Crippen LogP contribution in [-0.2, 0) is 17.4 Å². The van der Waals surface area contributed by atoms with Gasteiger partial charge in [0.2, 0.25) is 5.91 Å². The largest absolute Gasteiger partial charge is 0.417 e. The van der Waals surface area contributed by atoms with Gasteiger partial charge in [-0.2, -0.15) is 13.2 Å². The van der Waals surface area contributed by atoms with Crippen molar-refractivity contribution in [2.75, 3.05) is 13.1 Å². The second-order valence-electron chi connectivity index (χ2n) is 6.83. The molecule has 1 aliphatic heterocycles. The summed E-state index contributed by atoms with van der Waals surface area (Å²) in [6, 6.07) is 13.9. The van der Waals surface area contributed by atoms with E-state index in [1.54, 1.807) is 4.90 Å². The van der Waals surface area contributed by atoms with Crippen LogP contribution in [0.25, 0.3) is 0 Å². The number of alkyl halides is 3. The Balaban J connectivity index is 1.55. The highest BCUT2D eigenvalue weighted by Crippen LogP contribution is 2.31. The maximum absolute atomic E-state index is 13.1. The first kappa shape index (κ1) is 19.9. The first-order chi connectivity index (χ1) is 13.3. The summed E-state index contributed by atoms with van der Waals surface area (Å²) in [6.45, 7) is 0.940. The number of carbonyl (C=O) groups excluding carboxylic acids is 2. The van der Waals surface area contributed by atoms with Crippen LogP contribution >= 0.6 is 0 Å². The van der Waals surface area contributed by atoms with Crippen LogP contribution < -0.4 is 5.32 Å². The summed E-state index contributed by atoms with van der Waals surface area (Å²) in [5.41, 5.74) is -0.382. The molecule has 148 valence electrons. The minimum Gasteiger partial charge on any atom is -0.349 e. The third-order valence-corrected chi connectivity index (χ3v) is 4.86. The summed E-state index contributed by atoms with van der Waals surface area (Å²) < 4.78 is 39.2. The fraction of sp³-hybridized carbons (Fsp3) is 0.333. The van der Waals surface area contributed by atoms with E-state index in [2.05, 4.69) is 5.32 Å². The van der Waals surface area contributed by atoms with Crippen molar-refractivity contribution >= 4 is 11.8 Å². The zero-order valence-corrected chi connectivity index (χ0v) is 15.2. The number of piperidine rings is 1. The van der Waals surface area contributed by atoms with E-state index in [0.717, 1.165) is 11.6 Å². The van der Waals surface area contributed by atoms with Crippen molar-refractivity contribution in [3.8, 4) is 0 Å². The van der Waals surface area contributed by atoms with Crippen LogP contribution in [0.5, 0.6) is 0 Å². The number of benzene rings is 2. The molecule has 0 unspecified atom stereocenters. The third kappa shape index (κ3) is 4.91. The Bertz CT molecular complexity index is 829. The molecule has 0 saturated carbocycles. The Morgan fingerprint density at radius 3 is 2.21 bits per heavy atom. The molecule has 1 heterocycles. The quantitative estimate of drug-likeness (QED) is 0.866. The topological polar surface area (TPSA) is 49.4 Å². The van der Waals surface area contributed by atoms with Gasteiger partial charge in [-0.25, -0.2) is 0 Å².